The highest BCUT2D eigenvalue weighted by atomic mass is 79.9. The van der Waals surface area contributed by atoms with Crippen molar-refractivity contribution in [1.29, 1.82) is 0 Å². The molecular weight excluding hydrogens is 218 g/mol. The van der Waals surface area contributed by atoms with Crippen molar-refractivity contribution >= 4 is 26.9 Å². The van der Waals surface area contributed by atoms with Crippen molar-refractivity contribution in [3.05, 3.63) is 28.4 Å². The minimum Gasteiger partial charge on any atom is -0.355 e. The number of rotatable bonds is 1. The Bertz CT molecular complexity index is 408. The molecule has 0 radical (unpaired) electrons. The summed E-state index contributed by atoms with van der Waals surface area (Å²) in [4.78, 5) is 0. The molecule has 0 aliphatic heterocycles. The number of hydrogen-bond acceptors (Lipinski definition) is 2. The summed E-state index contributed by atoms with van der Waals surface area (Å²) in [6.45, 7) is 2.12. The van der Waals surface area contributed by atoms with E-state index in [1.54, 1.807) is 0 Å². The predicted octanol–water partition coefficient (Wildman–Crippen LogP) is 3.15. The van der Waals surface area contributed by atoms with E-state index < -0.39 is 0 Å². The second-order valence-corrected chi connectivity index (χ2v) is 3.41. The zero-order valence-electron chi connectivity index (χ0n) is 6.67. The predicted molar refractivity (Wildman–Crippen MR) is 51.1 cm³/mol. The Hall–Kier alpha value is -0.830. The van der Waals surface area contributed by atoms with E-state index in [1.165, 1.54) is 5.56 Å². The van der Waals surface area contributed by atoms with Crippen molar-refractivity contribution in [3.63, 3.8) is 0 Å². The molecule has 0 saturated carbocycles. The van der Waals surface area contributed by atoms with Gasteiger partial charge in [-0.1, -0.05) is 18.1 Å². The van der Waals surface area contributed by atoms with Crippen LogP contribution in [-0.2, 0) is 6.42 Å². The molecule has 2 nitrogen and oxygen atoms in total. The number of fused-ring (bicyclic) bond motifs is 1. The van der Waals surface area contributed by atoms with E-state index in [4.69, 9.17) is 4.52 Å². The van der Waals surface area contributed by atoms with Gasteiger partial charge < -0.3 is 4.52 Å². The van der Waals surface area contributed by atoms with Gasteiger partial charge in [-0.15, -0.1) is 0 Å². The first-order chi connectivity index (χ1) is 5.81. The van der Waals surface area contributed by atoms with Crippen LogP contribution in [0.15, 0.2) is 27.3 Å². The Balaban J connectivity index is 2.69. The average Bonchev–Trinajstić information content (AvgIpc) is 2.47. The van der Waals surface area contributed by atoms with Crippen LogP contribution < -0.4 is 0 Å². The number of aromatic nitrogens is 1. The topological polar surface area (TPSA) is 26.0 Å². The molecule has 0 aliphatic carbocycles. The maximum Gasteiger partial charge on any atom is 0.168 e. The highest BCUT2D eigenvalue weighted by molar-refractivity contribution is 9.10. The lowest BCUT2D eigenvalue weighted by molar-refractivity contribution is 0.451. The molecule has 3 heteroatoms. The van der Waals surface area contributed by atoms with Gasteiger partial charge in [0, 0.05) is 0 Å². The number of benzene rings is 1. The summed E-state index contributed by atoms with van der Waals surface area (Å²) in [6, 6.07) is 6.13. The first-order valence-electron chi connectivity index (χ1n) is 3.85. The Labute approximate surface area is 78.7 Å². The van der Waals surface area contributed by atoms with Gasteiger partial charge in [-0.2, -0.15) is 0 Å². The average molecular weight is 226 g/mol. The van der Waals surface area contributed by atoms with Crippen LogP contribution >= 0.6 is 15.9 Å². The van der Waals surface area contributed by atoms with E-state index in [2.05, 4.69) is 34.1 Å². The second kappa shape index (κ2) is 2.90. The molecule has 0 unspecified atom stereocenters. The fourth-order valence-corrected chi connectivity index (χ4v) is 1.57. The van der Waals surface area contributed by atoms with Gasteiger partial charge in [-0.3, -0.25) is 0 Å². The SMILES string of the molecule is CCc1ccc2c(Br)noc2c1. The van der Waals surface area contributed by atoms with Crippen LogP contribution in [-0.4, -0.2) is 5.16 Å². The van der Waals surface area contributed by atoms with Crippen LogP contribution in [0, 0.1) is 0 Å². The van der Waals surface area contributed by atoms with Gasteiger partial charge in [-0.25, -0.2) is 0 Å². The smallest absolute Gasteiger partial charge is 0.168 e. The third-order valence-corrected chi connectivity index (χ3v) is 2.47. The van der Waals surface area contributed by atoms with Gasteiger partial charge in [-0.05, 0) is 40.0 Å². The number of nitrogens with zero attached hydrogens (tertiary/aromatic N) is 1. The molecule has 12 heavy (non-hydrogen) atoms. The molecule has 2 rings (SSSR count). The van der Waals surface area contributed by atoms with Crippen LogP contribution in [0.2, 0.25) is 0 Å². The molecule has 0 atom stereocenters. The standard InChI is InChI=1S/C9H8BrNO/c1-2-6-3-4-7-8(5-6)12-11-9(7)10/h3-5H,2H2,1H3. The summed E-state index contributed by atoms with van der Waals surface area (Å²) in [6.07, 6.45) is 1.02. The van der Waals surface area contributed by atoms with Crippen LogP contribution in [0.1, 0.15) is 12.5 Å². The maximum atomic E-state index is 5.09. The highest BCUT2D eigenvalue weighted by Gasteiger charge is 2.04. The van der Waals surface area contributed by atoms with Gasteiger partial charge in [0.2, 0.25) is 0 Å². The third-order valence-electron chi connectivity index (χ3n) is 1.90. The summed E-state index contributed by atoms with van der Waals surface area (Å²) in [5, 5.41) is 4.85. The minimum atomic E-state index is 0.778. The lowest BCUT2D eigenvalue weighted by atomic mass is 10.1. The fourth-order valence-electron chi connectivity index (χ4n) is 1.17. The summed E-state index contributed by atoms with van der Waals surface area (Å²) in [5.74, 6) is 0. The van der Waals surface area contributed by atoms with Gasteiger partial charge in [0.05, 0.1) is 5.39 Å². The van der Waals surface area contributed by atoms with E-state index in [9.17, 15) is 0 Å². The highest BCUT2D eigenvalue weighted by Crippen LogP contribution is 2.23. The Morgan fingerprint density at radius 3 is 3.08 bits per heavy atom. The fraction of sp³-hybridized carbons (Fsp3) is 0.222. The molecule has 1 aromatic heterocycles. The van der Waals surface area contributed by atoms with Crippen molar-refractivity contribution in [1.82, 2.24) is 5.16 Å². The minimum absolute atomic E-state index is 0.778. The molecule has 1 aromatic carbocycles. The Morgan fingerprint density at radius 1 is 1.50 bits per heavy atom. The summed E-state index contributed by atoms with van der Waals surface area (Å²) in [7, 11) is 0. The Morgan fingerprint density at radius 2 is 2.33 bits per heavy atom. The summed E-state index contributed by atoms with van der Waals surface area (Å²) < 4.78 is 5.87. The quantitative estimate of drug-likeness (QED) is 0.746. The van der Waals surface area contributed by atoms with E-state index in [1.807, 2.05) is 12.1 Å². The molecule has 0 N–H and O–H groups in total. The van der Waals surface area contributed by atoms with Crippen molar-refractivity contribution in [3.8, 4) is 0 Å². The van der Waals surface area contributed by atoms with Gasteiger partial charge >= 0.3 is 0 Å². The lowest BCUT2D eigenvalue weighted by Crippen LogP contribution is -1.76. The molecule has 2 aromatic rings. The van der Waals surface area contributed by atoms with Gasteiger partial charge in [0.15, 0.2) is 10.2 Å². The van der Waals surface area contributed by atoms with Crippen molar-refractivity contribution < 1.29 is 4.52 Å². The number of halogens is 1. The Kier molecular flexibility index (Phi) is 1.89. The van der Waals surface area contributed by atoms with E-state index in [0.29, 0.717) is 0 Å². The first kappa shape index (κ1) is 7.80. The van der Waals surface area contributed by atoms with E-state index >= 15 is 0 Å². The van der Waals surface area contributed by atoms with E-state index in [0.717, 1.165) is 22.0 Å². The van der Waals surface area contributed by atoms with E-state index in [-0.39, 0.29) is 0 Å². The van der Waals surface area contributed by atoms with Crippen molar-refractivity contribution in [2.45, 2.75) is 13.3 Å². The van der Waals surface area contributed by atoms with Crippen LogP contribution in [0.5, 0.6) is 0 Å². The van der Waals surface area contributed by atoms with Gasteiger partial charge in [0.25, 0.3) is 0 Å². The maximum absolute atomic E-state index is 5.09. The molecule has 0 spiro atoms. The second-order valence-electron chi connectivity index (χ2n) is 2.66. The number of hydrogen-bond donors (Lipinski definition) is 0. The molecule has 0 bridgehead atoms. The van der Waals surface area contributed by atoms with Crippen LogP contribution in [0.3, 0.4) is 0 Å². The molecule has 1 heterocycles. The van der Waals surface area contributed by atoms with Crippen LogP contribution in [0.25, 0.3) is 11.0 Å². The van der Waals surface area contributed by atoms with Crippen molar-refractivity contribution in [2.75, 3.05) is 0 Å². The summed E-state index contributed by atoms with van der Waals surface area (Å²) >= 11 is 3.31. The molecule has 0 fully saturated rings. The zero-order valence-corrected chi connectivity index (χ0v) is 8.26. The van der Waals surface area contributed by atoms with Crippen molar-refractivity contribution in [2.24, 2.45) is 0 Å². The summed E-state index contributed by atoms with van der Waals surface area (Å²) in [5.41, 5.74) is 2.12. The largest absolute Gasteiger partial charge is 0.355 e. The molecule has 0 amide bonds. The first-order valence-corrected chi connectivity index (χ1v) is 4.64. The molecule has 0 saturated heterocycles. The number of aryl methyl sites for hydroxylation is 1. The normalized spacial score (nSPS) is 10.8. The third kappa shape index (κ3) is 1.14. The molecule has 0 aliphatic rings. The molecular formula is C9H8BrNO. The lowest BCUT2D eigenvalue weighted by Gasteiger charge is -1.93. The van der Waals surface area contributed by atoms with Gasteiger partial charge in [0.1, 0.15) is 0 Å². The zero-order chi connectivity index (χ0) is 8.55. The monoisotopic (exact) mass is 225 g/mol. The molecule has 62 valence electrons. The van der Waals surface area contributed by atoms with Crippen LogP contribution in [0.4, 0.5) is 0 Å².